The van der Waals surface area contributed by atoms with Crippen molar-refractivity contribution in [3.05, 3.63) is 0 Å². The van der Waals surface area contributed by atoms with Crippen LogP contribution in [0, 0.1) is 0 Å². The number of methoxy groups -OCH3 is 1. The van der Waals surface area contributed by atoms with E-state index in [9.17, 15) is 14.4 Å². The number of carbonyl (C=O) groups is 3. The number of nitrogens with zero attached hydrogens (tertiary/aromatic N) is 1. The third-order valence-corrected chi connectivity index (χ3v) is 2.14. The van der Waals surface area contributed by atoms with Gasteiger partial charge in [0.2, 0.25) is 5.91 Å². The Bertz CT molecular complexity index is 288. The van der Waals surface area contributed by atoms with E-state index >= 15 is 0 Å². The number of hydrogen-bond acceptors (Lipinski definition) is 5. The zero-order valence-corrected chi connectivity index (χ0v) is 8.69. The number of hydrogen-bond donors (Lipinski definition) is 0. The average molecular weight is 215 g/mol. The van der Waals surface area contributed by atoms with E-state index < -0.39 is 24.0 Å². The monoisotopic (exact) mass is 215 g/mol. The van der Waals surface area contributed by atoms with Crippen LogP contribution in [-0.4, -0.2) is 42.6 Å². The molecule has 1 rings (SSSR count). The van der Waals surface area contributed by atoms with Gasteiger partial charge in [0.15, 0.2) is 0 Å². The molecule has 1 heterocycles. The van der Waals surface area contributed by atoms with Gasteiger partial charge in [-0.3, -0.25) is 4.79 Å². The predicted octanol–water partition coefficient (Wildman–Crippen LogP) is 0.307. The summed E-state index contributed by atoms with van der Waals surface area (Å²) in [6.45, 7) is 1.88. The third kappa shape index (κ3) is 2.26. The van der Waals surface area contributed by atoms with Crippen molar-refractivity contribution in [3.63, 3.8) is 0 Å². The molecule has 1 fully saturated rings. The number of likely N-dealkylation sites (tertiary alicyclic amines) is 1. The standard InChI is InChI=1S/C9H13NO5/c1-3-15-8(12)6-4-5-7(11)10(6)9(13)14-2/h6H,3-5H2,1-2H3/t6-/m0/s1. The van der Waals surface area contributed by atoms with Crippen LogP contribution in [0.2, 0.25) is 0 Å². The number of ether oxygens (including phenoxy) is 2. The highest BCUT2D eigenvalue weighted by atomic mass is 16.6. The molecule has 0 radical (unpaired) electrons. The number of esters is 1. The highest BCUT2D eigenvalue weighted by molar-refractivity contribution is 5.99. The SMILES string of the molecule is CCOC(=O)[C@@H]1CCC(=O)N1C(=O)OC. The second-order valence-electron chi connectivity index (χ2n) is 3.04. The van der Waals surface area contributed by atoms with E-state index in [0.717, 1.165) is 12.0 Å². The van der Waals surface area contributed by atoms with Crippen molar-refractivity contribution >= 4 is 18.0 Å². The molecule has 6 nitrogen and oxygen atoms in total. The van der Waals surface area contributed by atoms with Gasteiger partial charge in [0.05, 0.1) is 13.7 Å². The maximum atomic E-state index is 11.4. The Balaban J connectivity index is 2.76. The Labute approximate surface area is 87.1 Å². The molecule has 1 aliphatic rings. The highest BCUT2D eigenvalue weighted by Gasteiger charge is 2.41. The molecule has 0 aromatic carbocycles. The molecule has 84 valence electrons. The summed E-state index contributed by atoms with van der Waals surface area (Å²) in [5, 5.41) is 0. The summed E-state index contributed by atoms with van der Waals surface area (Å²) in [4.78, 5) is 34.7. The molecular formula is C9H13NO5. The van der Waals surface area contributed by atoms with E-state index in [1.165, 1.54) is 0 Å². The van der Waals surface area contributed by atoms with Crippen LogP contribution in [0.3, 0.4) is 0 Å². The van der Waals surface area contributed by atoms with Crippen molar-refractivity contribution < 1.29 is 23.9 Å². The van der Waals surface area contributed by atoms with Gasteiger partial charge in [-0.25, -0.2) is 14.5 Å². The largest absolute Gasteiger partial charge is 0.464 e. The lowest BCUT2D eigenvalue weighted by Gasteiger charge is -2.19. The fourth-order valence-electron chi connectivity index (χ4n) is 1.47. The van der Waals surface area contributed by atoms with Crippen LogP contribution < -0.4 is 0 Å². The van der Waals surface area contributed by atoms with Crippen LogP contribution in [0.25, 0.3) is 0 Å². The molecule has 0 unspecified atom stereocenters. The van der Waals surface area contributed by atoms with E-state index in [-0.39, 0.29) is 13.0 Å². The first-order valence-electron chi connectivity index (χ1n) is 4.68. The molecule has 2 amide bonds. The number of amides is 2. The smallest absolute Gasteiger partial charge is 0.417 e. The quantitative estimate of drug-likeness (QED) is 0.620. The van der Waals surface area contributed by atoms with Crippen molar-refractivity contribution in [3.8, 4) is 0 Å². The lowest BCUT2D eigenvalue weighted by atomic mass is 10.2. The van der Waals surface area contributed by atoms with Gasteiger partial charge in [0.1, 0.15) is 6.04 Å². The summed E-state index contributed by atoms with van der Waals surface area (Å²) in [6, 6.07) is -0.829. The van der Waals surface area contributed by atoms with Gasteiger partial charge in [0.25, 0.3) is 0 Å². The van der Waals surface area contributed by atoms with Gasteiger partial charge in [-0.05, 0) is 13.3 Å². The molecule has 0 aromatic heterocycles. The fourth-order valence-corrected chi connectivity index (χ4v) is 1.47. The maximum absolute atomic E-state index is 11.4. The molecule has 1 saturated heterocycles. The van der Waals surface area contributed by atoms with Gasteiger partial charge < -0.3 is 9.47 Å². The molecular weight excluding hydrogens is 202 g/mol. The zero-order chi connectivity index (χ0) is 11.4. The first-order chi connectivity index (χ1) is 7.11. The summed E-state index contributed by atoms with van der Waals surface area (Å²) >= 11 is 0. The second-order valence-corrected chi connectivity index (χ2v) is 3.04. The van der Waals surface area contributed by atoms with Gasteiger partial charge >= 0.3 is 12.1 Å². The first-order valence-corrected chi connectivity index (χ1v) is 4.68. The normalized spacial score (nSPS) is 20.3. The maximum Gasteiger partial charge on any atom is 0.417 e. The Morgan fingerprint density at radius 1 is 1.53 bits per heavy atom. The van der Waals surface area contributed by atoms with E-state index in [0.29, 0.717) is 6.42 Å². The van der Waals surface area contributed by atoms with Crippen molar-refractivity contribution in [2.75, 3.05) is 13.7 Å². The van der Waals surface area contributed by atoms with Crippen molar-refractivity contribution in [2.45, 2.75) is 25.8 Å². The highest BCUT2D eigenvalue weighted by Crippen LogP contribution is 2.20. The molecule has 15 heavy (non-hydrogen) atoms. The average Bonchev–Trinajstić information content (AvgIpc) is 2.59. The van der Waals surface area contributed by atoms with Crippen LogP contribution >= 0.6 is 0 Å². The van der Waals surface area contributed by atoms with E-state index in [1.54, 1.807) is 6.92 Å². The van der Waals surface area contributed by atoms with Crippen molar-refractivity contribution in [1.29, 1.82) is 0 Å². The molecule has 1 atom stereocenters. The number of rotatable bonds is 2. The van der Waals surface area contributed by atoms with Crippen LogP contribution in [0.4, 0.5) is 4.79 Å². The van der Waals surface area contributed by atoms with Crippen molar-refractivity contribution in [2.24, 2.45) is 0 Å². The third-order valence-electron chi connectivity index (χ3n) is 2.14. The van der Waals surface area contributed by atoms with Crippen LogP contribution in [0.15, 0.2) is 0 Å². The van der Waals surface area contributed by atoms with Gasteiger partial charge in [-0.15, -0.1) is 0 Å². The van der Waals surface area contributed by atoms with Crippen LogP contribution in [0.1, 0.15) is 19.8 Å². The lowest BCUT2D eigenvalue weighted by molar-refractivity contribution is -0.150. The summed E-state index contributed by atoms with van der Waals surface area (Å²) in [6.07, 6.45) is -0.346. The molecule has 1 aliphatic heterocycles. The minimum Gasteiger partial charge on any atom is -0.464 e. The fraction of sp³-hybridized carbons (Fsp3) is 0.667. The number of carbonyl (C=O) groups excluding carboxylic acids is 3. The van der Waals surface area contributed by atoms with E-state index in [4.69, 9.17) is 4.74 Å². The molecule has 6 heteroatoms. The number of imide groups is 1. The van der Waals surface area contributed by atoms with E-state index in [1.807, 2.05) is 0 Å². The van der Waals surface area contributed by atoms with E-state index in [2.05, 4.69) is 4.74 Å². The summed E-state index contributed by atoms with van der Waals surface area (Å²) in [7, 11) is 1.16. The molecule has 0 saturated carbocycles. The van der Waals surface area contributed by atoms with Gasteiger partial charge in [-0.2, -0.15) is 0 Å². The zero-order valence-electron chi connectivity index (χ0n) is 8.69. The molecule has 0 N–H and O–H groups in total. The molecule has 0 bridgehead atoms. The second kappa shape index (κ2) is 4.77. The van der Waals surface area contributed by atoms with Crippen LogP contribution in [-0.2, 0) is 19.1 Å². The predicted molar refractivity (Wildman–Crippen MR) is 48.9 cm³/mol. The Morgan fingerprint density at radius 3 is 2.73 bits per heavy atom. The Morgan fingerprint density at radius 2 is 2.20 bits per heavy atom. The minimum absolute atomic E-state index is 0.165. The first kappa shape index (κ1) is 11.5. The summed E-state index contributed by atoms with van der Waals surface area (Å²) in [5.74, 6) is -0.964. The van der Waals surface area contributed by atoms with Gasteiger partial charge in [0, 0.05) is 6.42 Å². The lowest BCUT2D eigenvalue weighted by Crippen LogP contribution is -2.43. The Kier molecular flexibility index (Phi) is 3.65. The summed E-state index contributed by atoms with van der Waals surface area (Å²) < 4.78 is 9.18. The molecule has 0 aromatic rings. The topological polar surface area (TPSA) is 72.9 Å². The van der Waals surface area contributed by atoms with Gasteiger partial charge in [-0.1, -0.05) is 0 Å². The Hall–Kier alpha value is -1.59. The molecule has 0 aliphatic carbocycles. The van der Waals surface area contributed by atoms with Crippen LogP contribution in [0.5, 0.6) is 0 Å². The minimum atomic E-state index is -0.829. The summed E-state index contributed by atoms with van der Waals surface area (Å²) in [5.41, 5.74) is 0. The molecule has 0 spiro atoms. The van der Waals surface area contributed by atoms with Crippen molar-refractivity contribution in [1.82, 2.24) is 4.90 Å².